The van der Waals surface area contributed by atoms with E-state index in [1.54, 1.807) is 24.3 Å². The molecule has 1 aliphatic heterocycles. The van der Waals surface area contributed by atoms with Crippen LogP contribution in [0, 0.1) is 17.1 Å². The lowest BCUT2D eigenvalue weighted by Crippen LogP contribution is -2.56. The number of hydrogen-bond acceptors (Lipinski definition) is 6. The van der Waals surface area contributed by atoms with Crippen LogP contribution >= 0.6 is 11.6 Å². The molecule has 1 N–H and O–H groups in total. The van der Waals surface area contributed by atoms with Crippen molar-refractivity contribution in [3.63, 3.8) is 0 Å². The van der Waals surface area contributed by atoms with Gasteiger partial charge in [-0.15, -0.1) is 0 Å². The number of alkyl halides is 2. The van der Waals surface area contributed by atoms with E-state index in [2.05, 4.69) is 15.3 Å². The van der Waals surface area contributed by atoms with Crippen molar-refractivity contribution in [3.8, 4) is 17.2 Å². The number of nitrogens with one attached hydrogen (secondary N) is 1. The van der Waals surface area contributed by atoms with Crippen LogP contribution in [0.15, 0.2) is 85.3 Å². The fourth-order valence-corrected chi connectivity index (χ4v) is 6.18. The van der Waals surface area contributed by atoms with Crippen LogP contribution in [-0.4, -0.2) is 45.7 Å². The van der Waals surface area contributed by atoms with E-state index in [-0.39, 0.29) is 46.1 Å². The summed E-state index contributed by atoms with van der Waals surface area (Å²) in [5, 5.41) is 12.1. The molecule has 0 unspecified atom stereocenters. The van der Waals surface area contributed by atoms with Crippen LogP contribution < -0.4 is 15.1 Å². The lowest BCUT2D eigenvalue weighted by atomic mass is 9.87. The van der Waals surface area contributed by atoms with Crippen LogP contribution in [0.1, 0.15) is 42.9 Å². The molecule has 0 bridgehead atoms. The molecular weight excluding hydrogens is 633 g/mol. The van der Waals surface area contributed by atoms with Gasteiger partial charge in [0.15, 0.2) is 0 Å². The third kappa shape index (κ3) is 6.39. The molecule has 3 heterocycles. The van der Waals surface area contributed by atoms with Crippen molar-refractivity contribution < 1.29 is 27.6 Å². The molecule has 1 saturated carbocycles. The average Bonchev–Trinajstić information content (AvgIpc) is 3.44. The molecule has 2 fully saturated rings. The molecule has 13 heteroatoms. The molecule has 2 aromatic carbocycles. The molecule has 0 spiro atoms. The predicted octanol–water partition coefficient (Wildman–Crippen LogP) is 5.99. The van der Waals surface area contributed by atoms with Crippen molar-refractivity contribution in [2.24, 2.45) is 0 Å². The van der Waals surface area contributed by atoms with Gasteiger partial charge in [-0.3, -0.25) is 29.2 Å². The Morgan fingerprint density at radius 2 is 1.87 bits per heavy atom. The van der Waals surface area contributed by atoms with Crippen molar-refractivity contribution in [3.05, 3.63) is 107 Å². The van der Waals surface area contributed by atoms with Gasteiger partial charge in [-0.05, 0) is 48.9 Å². The summed E-state index contributed by atoms with van der Waals surface area (Å²) < 4.78 is 43.4. The molecule has 2 aliphatic rings. The SMILES string of the molecule is N#Cc1ccnc(N2C(=O)CC[C@H]2C(=O)N(c2ccc(-c3cccnc3)c(F)c2)[C@H](C(=O)NC2CC(F)(F)C2)c2ccccc2Cl)c1. The Morgan fingerprint density at radius 1 is 1.09 bits per heavy atom. The van der Waals surface area contributed by atoms with E-state index in [1.165, 1.54) is 55.0 Å². The summed E-state index contributed by atoms with van der Waals surface area (Å²) in [6.07, 6.45) is 3.16. The van der Waals surface area contributed by atoms with Crippen molar-refractivity contribution >= 4 is 40.8 Å². The van der Waals surface area contributed by atoms with Crippen LogP contribution in [0.4, 0.5) is 24.7 Å². The van der Waals surface area contributed by atoms with Gasteiger partial charge in [-0.2, -0.15) is 5.26 Å². The topological polar surface area (TPSA) is 119 Å². The molecular formula is C34H26ClF3N6O3. The van der Waals surface area contributed by atoms with Gasteiger partial charge in [0.25, 0.3) is 11.8 Å². The van der Waals surface area contributed by atoms with Gasteiger partial charge in [0.1, 0.15) is 23.7 Å². The molecule has 238 valence electrons. The smallest absolute Gasteiger partial charge is 0.252 e. The van der Waals surface area contributed by atoms with Gasteiger partial charge in [-0.25, -0.2) is 18.2 Å². The van der Waals surface area contributed by atoms with E-state index in [1.807, 2.05) is 6.07 Å². The van der Waals surface area contributed by atoms with Gasteiger partial charge in [-0.1, -0.05) is 35.9 Å². The summed E-state index contributed by atoms with van der Waals surface area (Å²) in [6, 6.07) is 14.7. The minimum atomic E-state index is -2.94. The summed E-state index contributed by atoms with van der Waals surface area (Å²) in [5.74, 6) is -5.64. The van der Waals surface area contributed by atoms with Crippen molar-refractivity contribution in [2.75, 3.05) is 9.80 Å². The molecule has 47 heavy (non-hydrogen) atoms. The van der Waals surface area contributed by atoms with Crippen LogP contribution in [0.25, 0.3) is 11.1 Å². The lowest BCUT2D eigenvalue weighted by Gasteiger charge is -2.39. The van der Waals surface area contributed by atoms with Crippen LogP contribution in [0.5, 0.6) is 0 Å². The molecule has 2 aromatic heterocycles. The fourth-order valence-electron chi connectivity index (χ4n) is 5.94. The zero-order chi connectivity index (χ0) is 33.3. The first-order valence-corrected chi connectivity index (χ1v) is 15.1. The zero-order valence-electron chi connectivity index (χ0n) is 24.6. The normalized spacial score (nSPS) is 17.8. The predicted molar refractivity (Wildman–Crippen MR) is 167 cm³/mol. The Balaban J connectivity index is 1.48. The van der Waals surface area contributed by atoms with Crippen LogP contribution in [0.2, 0.25) is 5.02 Å². The van der Waals surface area contributed by atoms with Crippen molar-refractivity contribution in [2.45, 2.75) is 49.7 Å². The van der Waals surface area contributed by atoms with Crippen molar-refractivity contribution in [1.29, 1.82) is 5.26 Å². The number of carbonyl (C=O) groups excluding carboxylic acids is 3. The maximum Gasteiger partial charge on any atom is 0.252 e. The third-order valence-corrected chi connectivity index (χ3v) is 8.55. The van der Waals surface area contributed by atoms with E-state index in [4.69, 9.17) is 11.6 Å². The Hall–Kier alpha value is -5.28. The summed E-state index contributed by atoms with van der Waals surface area (Å²) in [5.41, 5.74) is 0.966. The highest BCUT2D eigenvalue weighted by molar-refractivity contribution is 6.31. The molecule has 9 nitrogen and oxygen atoms in total. The Kier molecular flexibility index (Phi) is 8.66. The average molecular weight is 659 g/mol. The number of carbonyl (C=O) groups is 3. The maximum absolute atomic E-state index is 15.8. The van der Waals surface area contributed by atoms with E-state index in [0.29, 0.717) is 5.56 Å². The summed E-state index contributed by atoms with van der Waals surface area (Å²) in [4.78, 5) is 52.5. The second-order valence-corrected chi connectivity index (χ2v) is 11.7. The summed E-state index contributed by atoms with van der Waals surface area (Å²) in [6.45, 7) is 0. The Morgan fingerprint density at radius 3 is 2.55 bits per heavy atom. The summed E-state index contributed by atoms with van der Waals surface area (Å²) >= 11 is 6.58. The minimum absolute atomic E-state index is 0.0224. The monoisotopic (exact) mass is 658 g/mol. The highest BCUT2D eigenvalue weighted by atomic mass is 35.5. The molecule has 4 aromatic rings. The lowest BCUT2D eigenvalue weighted by molar-refractivity contribution is -0.133. The molecule has 0 radical (unpaired) electrons. The second-order valence-electron chi connectivity index (χ2n) is 11.3. The number of anilines is 2. The quantitative estimate of drug-likeness (QED) is 0.248. The highest BCUT2D eigenvalue weighted by Gasteiger charge is 2.48. The number of nitrogens with zero attached hydrogens (tertiary/aromatic N) is 5. The minimum Gasteiger partial charge on any atom is -0.351 e. The maximum atomic E-state index is 15.8. The van der Waals surface area contributed by atoms with Gasteiger partial charge in [0, 0.05) is 71.3 Å². The number of benzene rings is 2. The van der Waals surface area contributed by atoms with E-state index in [0.717, 1.165) is 15.9 Å². The molecule has 1 aliphatic carbocycles. The van der Waals surface area contributed by atoms with Crippen molar-refractivity contribution in [1.82, 2.24) is 15.3 Å². The van der Waals surface area contributed by atoms with E-state index < -0.39 is 60.4 Å². The fraction of sp³-hybridized carbons (Fsp3) is 0.235. The number of halogens is 4. The number of hydrogen-bond donors (Lipinski definition) is 1. The zero-order valence-corrected chi connectivity index (χ0v) is 25.4. The van der Waals surface area contributed by atoms with Crippen LogP contribution in [0.3, 0.4) is 0 Å². The van der Waals surface area contributed by atoms with Gasteiger partial charge >= 0.3 is 0 Å². The van der Waals surface area contributed by atoms with E-state index in [9.17, 15) is 28.4 Å². The summed E-state index contributed by atoms with van der Waals surface area (Å²) in [7, 11) is 0. The Labute approximate surface area is 272 Å². The molecule has 6 rings (SSSR count). The number of nitriles is 1. The first-order chi connectivity index (χ1) is 22.6. The number of pyridine rings is 2. The second kappa shape index (κ2) is 12.8. The largest absolute Gasteiger partial charge is 0.351 e. The van der Waals surface area contributed by atoms with Gasteiger partial charge in [0.2, 0.25) is 11.8 Å². The number of rotatable bonds is 8. The Bertz CT molecular complexity index is 1900. The first kappa shape index (κ1) is 31.7. The number of amides is 3. The highest BCUT2D eigenvalue weighted by Crippen LogP contribution is 2.40. The standard InChI is InChI=1S/C34H26ClF3N6O3/c35-26-6-2-1-5-25(26)31(32(46)42-22-16-34(37,38)17-22)43(23-7-8-24(27(36)15-23)21-4-3-12-40-19-21)33(47)28-9-10-30(45)44(28)29-14-20(18-39)11-13-41-29/h1-8,11-15,19,22,28,31H,9-10,16-17H2,(H,42,46)/t28-,31-/m0/s1. The molecule has 1 saturated heterocycles. The molecule has 3 amide bonds. The van der Waals surface area contributed by atoms with Crippen LogP contribution in [-0.2, 0) is 14.4 Å². The molecule has 2 atom stereocenters. The van der Waals surface area contributed by atoms with Gasteiger partial charge < -0.3 is 5.32 Å². The first-order valence-electron chi connectivity index (χ1n) is 14.7. The van der Waals surface area contributed by atoms with Gasteiger partial charge in [0.05, 0.1) is 11.6 Å². The third-order valence-electron chi connectivity index (χ3n) is 8.20. The number of aromatic nitrogens is 2. The van der Waals surface area contributed by atoms with E-state index >= 15 is 4.39 Å².